The van der Waals surface area contributed by atoms with Gasteiger partial charge >= 0.3 is 0 Å². The van der Waals surface area contributed by atoms with Gasteiger partial charge in [0.1, 0.15) is 12.0 Å². The fourth-order valence-electron chi connectivity index (χ4n) is 1.97. The van der Waals surface area contributed by atoms with Crippen molar-refractivity contribution in [3.63, 3.8) is 0 Å². The quantitative estimate of drug-likeness (QED) is 0.795. The summed E-state index contributed by atoms with van der Waals surface area (Å²) in [6.45, 7) is 9.74. The smallest absolute Gasteiger partial charge is 0.157 e. The lowest BCUT2D eigenvalue weighted by Crippen LogP contribution is -2.25. The molecule has 0 saturated heterocycles. The molecular weight excluding hydrogens is 236 g/mol. The van der Waals surface area contributed by atoms with Gasteiger partial charge in [-0.15, -0.1) is 0 Å². The minimum atomic E-state index is 0.299. The highest BCUT2D eigenvalue weighted by atomic mass is 35.5. The average Bonchev–Trinajstić information content (AvgIpc) is 2.23. The Morgan fingerprint density at radius 3 is 2.35 bits per heavy atom. The van der Waals surface area contributed by atoms with Gasteiger partial charge in [-0.3, -0.25) is 0 Å². The molecule has 0 spiro atoms. The Morgan fingerprint density at radius 2 is 1.82 bits per heavy atom. The molecule has 0 radical (unpaired) electrons. The summed E-state index contributed by atoms with van der Waals surface area (Å²) in [7, 11) is 0. The van der Waals surface area contributed by atoms with Gasteiger partial charge in [0.25, 0.3) is 0 Å². The fraction of sp³-hybridized carbons (Fsp3) is 0.667. The number of hydrogen-bond acceptors (Lipinski definition) is 4. The maximum Gasteiger partial charge on any atom is 0.157 e. The van der Waals surface area contributed by atoms with Crippen LogP contribution in [0.25, 0.3) is 0 Å². The van der Waals surface area contributed by atoms with Crippen LogP contribution in [0.1, 0.15) is 27.7 Å². The molecule has 0 unspecified atom stereocenters. The van der Waals surface area contributed by atoms with E-state index < -0.39 is 0 Å². The molecule has 4 nitrogen and oxygen atoms in total. The minimum absolute atomic E-state index is 0.299. The van der Waals surface area contributed by atoms with Crippen LogP contribution in [0.5, 0.6) is 0 Å². The van der Waals surface area contributed by atoms with Crippen molar-refractivity contribution in [1.29, 1.82) is 0 Å². The zero-order valence-electron chi connectivity index (χ0n) is 10.9. The van der Waals surface area contributed by atoms with Crippen LogP contribution in [0.2, 0.25) is 5.15 Å². The molecule has 5 heteroatoms. The topological polar surface area (TPSA) is 63.8 Å². The fourth-order valence-corrected chi connectivity index (χ4v) is 2.10. The van der Waals surface area contributed by atoms with Crippen molar-refractivity contribution in [1.82, 2.24) is 9.97 Å². The first-order valence-corrected chi connectivity index (χ1v) is 6.31. The zero-order valence-corrected chi connectivity index (χ0v) is 11.6. The first-order chi connectivity index (χ1) is 7.93. The third kappa shape index (κ3) is 3.73. The molecule has 96 valence electrons. The number of nitrogen functional groups attached to an aromatic ring is 1. The summed E-state index contributed by atoms with van der Waals surface area (Å²) >= 11 is 5.84. The van der Waals surface area contributed by atoms with Gasteiger partial charge in [0.2, 0.25) is 0 Å². The lowest BCUT2D eigenvalue weighted by Gasteiger charge is -2.25. The summed E-state index contributed by atoms with van der Waals surface area (Å²) in [6, 6.07) is 0. The molecule has 1 aromatic heterocycles. The van der Waals surface area contributed by atoms with E-state index in [-0.39, 0.29) is 0 Å². The predicted octanol–water partition coefficient (Wildman–Crippen LogP) is 3.05. The van der Waals surface area contributed by atoms with Gasteiger partial charge in [-0.25, -0.2) is 9.97 Å². The molecule has 0 aliphatic carbocycles. The van der Waals surface area contributed by atoms with Gasteiger partial charge < -0.3 is 11.1 Å². The monoisotopic (exact) mass is 256 g/mol. The SMILES string of the molecule is CC(C)C(CNc1ncnc(Cl)c1N)C(C)C. The van der Waals surface area contributed by atoms with Crippen LogP contribution in [0.15, 0.2) is 6.33 Å². The molecule has 0 bridgehead atoms. The summed E-state index contributed by atoms with van der Waals surface area (Å²) in [5.74, 6) is 2.42. The number of hydrogen-bond donors (Lipinski definition) is 2. The van der Waals surface area contributed by atoms with Gasteiger partial charge in [-0.05, 0) is 17.8 Å². The van der Waals surface area contributed by atoms with Crippen LogP contribution in [0, 0.1) is 17.8 Å². The Kier molecular flexibility index (Phi) is 5.00. The van der Waals surface area contributed by atoms with E-state index in [9.17, 15) is 0 Å². The van der Waals surface area contributed by atoms with Crippen LogP contribution in [-0.4, -0.2) is 16.5 Å². The Balaban J connectivity index is 2.69. The van der Waals surface area contributed by atoms with Gasteiger partial charge in [0.15, 0.2) is 11.0 Å². The molecule has 0 aliphatic heterocycles. The first-order valence-electron chi connectivity index (χ1n) is 5.93. The summed E-state index contributed by atoms with van der Waals surface area (Å²) in [4.78, 5) is 7.92. The van der Waals surface area contributed by atoms with Crippen molar-refractivity contribution >= 4 is 23.1 Å². The highest BCUT2D eigenvalue weighted by Gasteiger charge is 2.18. The zero-order chi connectivity index (χ0) is 13.0. The standard InChI is InChI=1S/C12H21ClN4/c1-7(2)9(8(3)4)5-15-12-10(14)11(13)16-6-17-12/h6-9H,5,14H2,1-4H3,(H,15,16,17). The van der Waals surface area contributed by atoms with E-state index in [1.807, 2.05) is 0 Å². The van der Waals surface area contributed by atoms with Crippen molar-refractivity contribution < 1.29 is 0 Å². The molecule has 0 aromatic carbocycles. The third-order valence-electron chi connectivity index (χ3n) is 3.05. The van der Waals surface area contributed by atoms with Crippen LogP contribution in [0.3, 0.4) is 0 Å². The van der Waals surface area contributed by atoms with Gasteiger partial charge in [-0.1, -0.05) is 39.3 Å². The van der Waals surface area contributed by atoms with E-state index in [4.69, 9.17) is 17.3 Å². The maximum atomic E-state index is 5.84. The van der Waals surface area contributed by atoms with E-state index in [1.54, 1.807) is 0 Å². The van der Waals surface area contributed by atoms with Crippen molar-refractivity contribution in [2.45, 2.75) is 27.7 Å². The predicted molar refractivity (Wildman–Crippen MR) is 73.1 cm³/mol. The number of aromatic nitrogens is 2. The molecule has 17 heavy (non-hydrogen) atoms. The van der Waals surface area contributed by atoms with E-state index in [0.29, 0.717) is 34.4 Å². The van der Waals surface area contributed by atoms with Crippen molar-refractivity contribution in [2.75, 3.05) is 17.6 Å². The molecule has 0 saturated carbocycles. The Morgan fingerprint density at radius 1 is 1.24 bits per heavy atom. The molecule has 0 fully saturated rings. The van der Waals surface area contributed by atoms with Crippen LogP contribution >= 0.6 is 11.6 Å². The lowest BCUT2D eigenvalue weighted by molar-refractivity contribution is 0.304. The first kappa shape index (κ1) is 14.0. The van der Waals surface area contributed by atoms with Crippen LogP contribution < -0.4 is 11.1 Å². The van der Waals surface area contributed by atoms with Gasteiger partial charge in [-0.2, -0.15) is 0 Å². The number of anilines is 2. The van der Waals surface area contributed by atoms with E-state index >= 15 is 0 Å². The second kappa shape index (κ2) is 6.05. The molecule has 0 amide bonds. The summed E-state index contributed by atoms with van der Waals surface area (Å²) in [5.41, 5.74) is 6.22. The van der Waals surface area contributed by atoms with Gasteiger partial charge in [0.05, 0.1) is 0 Å². The van der Waals surface area contributed by atoms with E-state index in [2.05, 4.69) is 43.0 Å². The van der Waals surface area contributed by atoms with Crippen molar-refractivity contribution in [2.24, 2.45) is 17.8 Å². The van der Waals surface area contributed by atoms with Crippen molar-refractivity contribution in [3.8, 4) is 0 Å². The normalized spacial score (nSPS) is 11.5. The van der Waals surface area contributed by atoms with Crippen LogP contribution in [0.4, 0.5) is 11.5 Å². The minimum Gasteiger partial charge on any atom is -0.393 e. The molecular formula is C12H21ClN4. The summed E-state index contributed by atoms with van der Waals surface area (Å²) in [6.07, 6.45) is 1.42. The molecule has 1 aromatic rings. The summed E-state index contributed by atoms with van der Waals surface area (Å²) in [5, 5.41) is 3.56. The number of nitrogens with zero attached hydrogens (tertiary/aromatic N) is 2. The molecule has 0 aliphatic rings. The maximum absolute atomic E-state index is 5.84. The molecule has 1 rings (SSSR count). The lowest BCUT2D eigenvalue weighted by atomic mass is 9.85. The number of rotatable bonds is 5. The van der Waals surface area contributed by atoms with Gasteiger partial charge in [0, 0.05) is 6.54 Å². The molecule has 0 atom stereocenters. The number of nitrogens with two attached hydrogens (primary N) is 1. The second-order valence-corrected chi connectivity index (χ2v) is 5.32. The van der Waals surface area contributed by atoms with E-state index in [0.717, 1.165) is 6.54 Å². The Hall–Kier alpha value is -1.03. The largest absolute Gasteiger partial charge is 0.393 e. The number of nitrogens with one attached hydrogen (secondary N) is 1. The Bertz CT molecular complexity index is 358. The highest BCUT2D eigenvalue weighted by Crippen LogP contribution is 2.25. The third-order valence-corrected chi connectivity index (χ3v) is 3.35. The molecule has 3 N–H and O–H groups in total. The summed E-state index contributed by atoms with van der Waals surface area (Å²) < 4.78 is 0. The average molecular weight is 257 g/mol. The number of halogens is 1. The van der Waals surface area contributed by atoms with E-state index in [1.165, 1.54) is 6.33 Å². The molecule has 1 heterocycles. The van der Waals surface area contributed by atoms with Crippen molar-refractivity contribution in [3.05, 3.63) is 11.5 Å². The highest BCUT2D eigenvalue weighted by molar-refractivity contribution is 6.32. The second-order valence-electron chi connectivity index (χ2n) is 4.96. The van der Waals surface area contributed by atoms with Crippen LogP contribution in [-0.2, 0) is 0 Å². The Labute approximate surface area is 108 Å².